The molecule has 0 bridgehead atoms. The standard InChI is InChI=1S/C18H12ClN5O2/c1-23-14-5-3-2-4-13(14)15(11-6-8-12(9-7-11)24(25)26)22-16-17(19)20-10-21-18(16)23/h2-10H,1H3. The Hall–Kier alpha value is -3.32. The van der Waals surface area contributed by atoms with E-state index in [4.69, 9.17) is 16.6 Å². The highest BCUT2D eigenvalue weighted by Crippen LogP contribution is 2.40. The summed E-state index contributed by atoms with van der Waals surface area (Å²) in [6.45, 7) is 0. The Balaban J connectivity index is 1.98. The molecule has 1 aliphatic heterocycles. The number of hydrogen-bond donors (Lipinski definition) is 0. The van der Waals surface area contributed by atoms with Crippen LogP contribution in [0.5, 0.6) is 0 Å². The maximum atomic E-state index is 10.9. The topological polar surface area (TPSA) is 84.5 Å². The predicted octanol–water partition coefficient (Wildman–Crippen LogP) is 4.29. The van der Waals surface area contributed by atoms with Crippen molar-refractivity contribution in [3.63, 3.8) is 0 Å². The van der Waals surface area contributed by atoms with Gasteiger partial charge in [0.1, 0.15) is 12.0 Å². The van der Waals surface area contributed by atoms with Crippen LogP contribution in [0.25, 0.3) is 0 Å². The average molecular weight is 366 g/mol. The van der Waals surface area contributed by atoms with E-state index in [0.29, 0.717) is 17.2 Å². The number of aliphatic imine (C=N–C) groups is 1. The van der Waals surface area contributed by atoms with Crippen molar-refractivity contribution < 1.29 is 4.92 Å². The van der Waals surface area contributed by atoms with E-state index in [0.717, 1.165) is 16.8 Å². The van der Waals surface area contributed by atoms with Gasteiger partial charge in [0.25, 0.3) is 5.69 Å². The fraction of sp³-hybridized carbons (Fsp3) is 0.0556. The summed E-state index contributed by atoms with van der Waals surface area (Å²) < 4.78 is 0. The molecule has 1 aliphatic rings. The van der Waals surface area contributed by atoms with Crippen LogP contribution in [0.15, 0.2) is 59.9 Å². The van der Waals surface area contributed by atoms with Gasteiger partial charge in [0.15, 0.2) is 11.0 Å². The van der Waals surface area contributed by atoms with Crippen LogP contribution in [-0.2, 0) is 0 Å². The number of aromatic nitrogens is 2. The van der Waals surface area contributed by atoms with Gasteiger partial charge in [0, 0.05) is 30.3 Å². The van der Waals surface area contributed by atoms with Crippen LogP contribution >= 0.6 is 11.6 Å². The Kier molecular flexibility index (Phi) is 3.85. The SMILES string of the molecule is CN1c2ccccc2C(c2ccc([N+](=O)[O-])cc2)=Nc2c(Cl)ncnc21. The zero-order chi connectivity index (χ0) is 18.3. The summed E-state index contributed by atoms with van der Waals surface area (Å²) in [5.74, 6) is 0.592. The molecule has 0 saturated carbocycles. The van der Waals surface area contributed by atoms with Crippen molar-refractivity contribution in [2.45, 2.75) is 0 Å². The van der Waals surface area contributed by atoms with Crippen molar-refractivity contribution in [3.8, 4) is 0 Å². The summed E-state index contributed by atoms with van der Waals surface area (Å²) in [6, 6.07) is 14.0. The first-order valence-corrected chi connectivity index (χ1v) is 8.11. The fourth-order valence-corrected chi connectivity index (χ4v) is 3.07. The van der Waals surface area contributed by atoms with Gasteiger partial charge >= 0.3 is 0 Å². The van der Waals surface area contributed by atoms with Crippen molar-refractivity contribution in [1.82, 2.24) is 9.97 Å². The molecule has 0 aliphatic carbocycles. The molecule has 4 rings (SSSR count). The van der Waals surface area contributed by atoms with Crippen LogP contribution < -0.4 is 4.90 Å². The van der Waals surface area contributed by atoms with E-state index in [1.807, 2.05) is 36.2 Å². The molecule has 0 spiro atoms. The number of rotatable bonds is 2. The smallest absolute Gasteiger partial charge is 0.269 e. The van der Waals surface area contributed by atoms with Crippen LogP contribution in [0.4, 0.5) is 22.9 Å². The van der Waals surface area contributed by atoms with Crippen LogP contribution in [0.1, 0.15) is 11.1 Å². The van der Waals surface area contributed by atoms with Crippen LogP contribution in [0.2, 0.25) is 5.15 Å². The minimum Gasteiger partial charge on any atom is -0.327 e. The van der Waals surface area contributed by atoms with Crippen LogP contribution in [-0.4, -0.2) is 27.7 Å². The molecule has 0 saturated heterocycles. The molecule has 3 aromatic rings. The number of nitrogens with zero attached hydrogens (tertiary/aromatic N) is 5. The lowest BCUT2D eigenvalue weighted by atomic mass is 10.00. The highest BCUT2D eigenvalue weighted by atomic mass is 35.5. The second kappa shape index (κ2) is 6.20. The third-order valence-corrected chi connectivity index (χ3v) is 4.45. The molecule has 0 N–H and O–H groups in total. The molecule has 0 unspecified atom stereocenters. The Morgan fingerprint density at radius 1 is 1.08 bits per heavy atom. The van der Waals surface area contributed by atoms with E-state index >= 15 is 0 Å². The number of non-ortho nitro benzene ring substituents is 1. The molecular formula is C18H12ClN5O2. The van der Waals surface area contributed by atoms with Gasteiger partial charge in [-0.2, -0.15) is 0 Å². The summed E-state index contributed by atoms with van der Waals surface area (Å²) in [5.41, 5.74) is 3.65. The largest absolute Gasteiger partial charge is 0.327 e. The van der Waals surface area contributed by atoms with Crippen LogP contribution in [0, 0.1) is 10.1 Å². The number of para-hydroxylation sites is 1. The summed E-state index contributed by atoms with van der Waals surface area (Å²) in [4.78, 5) is 25.5. The molecule has 0 fully saturated rings. The number of fused-ring (bicyclic) bond motifs is 2. The summed E-state index contributed by atoms with van der Waals surface area (Å²) in [6.07, 6.45) is 1.40. The van der Waals surface area contributed by atoms with Gasteiger partial charge < -0.3 is 4.90 Å². The summed E-state index contributed by atoms with van der Waals surface area (Å²) >= 11 is 6.27. The molecule has 0 atom stereocenters. The van der Waals surface area contributed by atoms with E-state index in [1.165, 1.54) is 18.5 Å². The quantitative estimate of drug-likeness (QED) is 0.384. The second-order valence-electron chi connectivity index (χ2n) is 5.68. The highest BCUT2D eigenvalue weighted by molar-refractivity contribution is 6.33. The van der Waals surface area contributed by atoms with Crippen molar-refractivity contribution in [1.29, 1.82) is 0 Å². The molecule has 2 aromatic carbocycles. The van der Waals surface area contributed by atoms with Crippen molar-refractivity contribution in [2.75, 3.05) is 11.9 Å². The molecule has 128 valence electrons. The average Bonchev–Trinajstić information content (AvgIpc) is 2.78. The lowest BCUT2D eigenvalue weighted by molar-refractivity contribution is -0.384. The monoisotopic (exact) mass is 365 g/mol. The normalized spacial score (nSPS) is 12.7. The van der Waals surface area contributed by atoms with Gasteiger partial charge in [-0.1, -0.05) is 29.8 Å². The number of halogens is 1. The molecule has 1 aromatic heterocycles. The number of benzene rings is 2. The Morgan fingerprint density at radius 2 is 1.81 bits per heavy atom. The van der Waals surface area contributed by atoms with Crippen molar-refractivity contribution in [3.05, 3.63) is 81.3 Å². The van der Waals surface area contributed by atoms with Gasteiger partial charge in [-0.25, -0.2) is 15.0 Å². The van der Waals surface area contributed by atoms with Crippen molar-refractivity contribution in [2.24, 2.45) is 4.99 Å². The van der Waals surface area contributed by atoms with E-state index < -0.39 is 4.92 Å². The minimum atomic E-state index is -0.430. The molecule has 0 amide bonds. The number of nitro benzene ring substituents is 1. The van der Waals surface area contributed by atoms with Gasteiger partial charge in [-0.3, -0.25) is 10.1 Å². The molecule has 0 radical (unpaired) electrons. The Morgan fingerprint density at radius 3 is 2.54 bits per heavy atom. The van der Waals surface area contributed by atoms with E-state index in [9.17, 15) is 10.1 Å². The van der Waals surface area contributed by atoms with Gasteiger partial charge in [-0.15, -0.1) is 0 Å². The first-order chi connectivity index (χ1) is 12.6. The highest BCUT2D eigenvalue weighted by Gasteiger charge is 2.24. The first-order valence-electron chi connectivity index (χ1n) is 7.73. The maximum absolute atomic E-state index is 10.9. The van der Waals surface area contributed by atoms with Crippen LogP contribution in [0.3, 0.4) is 0 Å². The minimum absolute atomic E-state index is 0.0233. The van der Waals surface area contributed by atoms with E-state index in [1.54, 1.807) is 12.1 Å². The van der Waals surface area contributed by atoms with Gasteiger partial charge in [0.05, 0.1) is 16.3 Å². The molecular weight excluding hydrogens is 354 g/mol. The number of nitro groups is 1. The number of anilines is 2. The summed E-state index contributed by atoms with van der Waals surface area (Å²) in [5, 5.41) is 11.2. The molecule has 8 heteroatoms. The Labute approximate surface area is 153 Å². The number of hydrogen-bond acceptors (Lipinski definition) is 6. The summed E-state index contributed by atoms with van der Waals surface area (Å²) in [7, 11) is 1.88. The first kappa shape index (κ1) is 16.2. The lowest BCUT2D eigenvalue weighted by Gasteiger charge is -2.20. The fourth-order valence-electron chi connectivity index (χ4n) is 2.90. The Bertz CT molecular complexity index is 1050. The van der Waals surface area contributed by atoms with E-state index in [-0.39, 0.29) is 10.8 Å². The zero-order valence-electron chi connectivity index (χ0n) is 13.6. The third kappa shape index (κ3) is 2.58. The molecule has 26 heavy (non-hydrogen) atoms. The molecule has 7 nitrogen and oxygen atoms in total. The van der Waals surface area contributed by atoms with Gasteiger partial charge in [0.2, 0.25) is 0 Å². The second-order valence-corrected chi connectivity index (χ2v) is 6.04. The van der Waals surface area contributed by atoms with E-state index in [2.05, 4.69) is 9.97 Å². The van der Waals surface area contributed by atoms with Gasteiger partial charge in [-0.05, 0) is 18.2 Å². The maximum Gasteiger partial charge on any atom is 0.269 e. The van der Waals surface area contributed by atoms with Crippen molar-refractivity contribution >= 4 is 40.2 Å². The predicted molar refractivity (Wildman–Crippen MR) is 99.9 cm³/mol. The molecule has 2 heterocycles. The third-order valence-electron chi connectivity index (χ3n) is 4.17. The zero-order valence-corrected chi connectivity index (χ0v) is 14.4. The lowest BCUT2D eigenvalue weighted by Crippen LogP contribution is -2.14.